The minimum atomic E-state index is -4.96. The number of hydrogen-bond donors (Lipinski definition) is 3. The van der Waals surface area contributed by atoms with E-state index >= 15 is 0 Å². The molecule has 0 aromatic rings. The summed E-state index contributed by atoms with van der Waals surface area (Å²) < 4.78 is 68.5. The smallest absolute Gasteiger partial charge is 0.462 e. The largest absolute Gasteiger partial charge is 0.472 e. The summed E-state index contributed by atoms with van der Waals surface area (Å²) in [5.74, 6) is -0.583. The third kappa shape index (κ3) is 70.5. The zero-order valence-corrected chi connectivity index (χ0v) is 64.5. The predicted octanol–water partition coefficient (Wildman–Crippen LogP) is 22.7. The number of aliphatic hydroxyl groups is 1. The number of hydrogen-bond acceptors (Lipinski definition) is 15. The molecule has 0 radical (unpaired) electrons. The standard InChI is InChI=1S/C77H150O17P2/c1-7-9-11-13-15-17-18-19-20-21-22-23-24-25-26-31-37-43-49-55-61-76(81)94-73(66-88-75(80)60-54-48-42-36-30-28-27-29-34-39-45-51-57-69(3)4)68-92-96(85,86)90-64-71(78)63-89-95(83,84)91-67-72(65-87-74(79)59-53-47-41-16-14-12-10-8-2)93-77(82)62-56-50-44-38-33-32-35-40-46-52-58-70(5)6/h69-73,78H,7-68H2,1-6H3,(H,83,84)(H,85,86)/t71-,72+,73+/m0/s1. The fourth-order valence-corrected chi connectivity index (χ4v) is 13.4. The van der Waals surface area contributed by atoms with Gasteiger partial charge in [0, 0.05) is 25.7 Å². The van der Waals surface area contributed by atoms with E-state index < -0.39 is 97.5 Å². The van der Waals surface area contributed by atoms with Crippen molar-refractivity contribution in [3.63, 3.8) is 0 Å². The second kappa shape index (κ2) is 68.8. The minimum Gasteiger partial charge on any atom is -0.462 e. The van der Waals surface area contributed by atoms with Gasteiger partial charge in [0.2, 0.25) is 0 Å². The van der Waals surface area contributed by atoms with Crippen LogP contribution in [-0.2, 0) is 65.4 Å². The van der Waals surface area contributed by atoms with Gasteiger partial charge in [0.1, 0.15) is 19.3 Å². The normalized spacial score (nSPS) is 14.0. The Morgan fingerprint density at radius 3 is 0.708 bits per heavy atom. The van der Waals surface area contributed by atoms with Gasteiger partial charge in [-0.25, -0.2) is 9.13 Å². The molecule has 0 spiro atoms. The third-order valence-corrected chi connectivity index (χ3v) is 19.9. The van der Waals surface area contributed by atoms with Gasteiger partial charge in [-0.15, -0.1) is 0 Å². The van der Waals surface area contributed by atoms with Gasteiger partial charge in [-0.1, -0.05) is 350 Å². The molecule has 0 saturated heterocycles. The summed E-state index contributed by atoms with van der Waals surface area (Å²) in [5.41, 5.74) is 0. The molecule has 0 bridgehead atoms. The van der Waals surface area contributed by atoms with Crippen LogP contribution in [0.5, 0.6) is 0 Å². The minimum absolute atomic E-state index is 0.106. The van der Waals surface area contributed by atoms with Crippen molar-refractivity contribution in [1.82, 2.24) is 0 Å². The number of ether oxygens (including phenoxy) is 4. The zero-order valence-electron chi connectivity index (χ0n) is 62.7. The van der Waals surface area contributed by atoms with E-state index in [1.54, 1.807) is 0 Å². The van der Waals surface area contributed by atoms with Crippen LogP contribution in [0.15, 0.2) is 0 Å². The first kappa shape index (κ1) is 94.1. The van der Waals surface area contributed by atoms with E-state index in [1.165, 1.54) is 212 Å². The first-order valence-electron chi connectivity index (χ1n) is 40.0. The fraction of sp³-hybridized carbons (Fsp3) is 0.948. The molecule has 0 saturated carbocycles. The zero-order chi connectivity index (χ0) is 70.7. The predicted molar refractivity (Wildman–Crippen MR) is 391 cm³/mol. The first-order valence-corrected chi connectivity index (χ1v) is 43.0. The van der Waals surface area contributed by atoms with Crippen LogP contribution < -0.4 is 0 Å². The van der Waals surface area contributed by atoms with Crippen LogP contribution >= 0.6 is 15.6 Å². The van der Waals surface area contributed by atoms with Gasteiger partial charge >= 0.3 is 39.5 Å². The number of phosphoric acid groups is 2. The van der Waals surface area contributed by atoms with Crippen molar-refractivity contribution in [2.45, 2.75) is 419 Å². The Labute approximate surface area is 588 Å². The summed E-state index contributed by atoms with van der Waals surface area (Å²) in [6.07, 6.45) is 57.0. The van der Waals surface area contributed by atoms with Crippen LogP contribution in [0.2, 0.25) is 0 Å². The lowest BCUT2D eigenvalue weighted by Crippen LogP contribution is -2.30. The van der Waals surface area contributed by atoms with Crippen molar-refractivity contribution in [3.8, 4) is 0 Å². The van der Waals surface area contributed by atoms with Gasteiger partial charge in [-0.05, 0) is 37.5 Å². The van der Waals surface area contributed by atoms with Crippen molar-refractivity contribution in [2.24, 2.45) is 11.8 Å². The lowest BCUT2D eigenvalue weighted by Gasteiger charge is -2.21. The Morgan fingerprint density at radius 2 is 0.479 bits per heavy atom. The molecule has 2 unspecified atom stereocenters. The molecule has 0 heterocycles. The van der Waals surface area contributed by atoms with E-state index in [1.807, 2.05) is 0 Å². The summed E-state index contributed by atoms with van der Waals surface area (Å²) in [4.78, 5) is 72.8. The quantitative estimate of drug-likeness (QED) is 0.0222. The molecule has 0 aromatic carbocycles. The number of aliphatic hydroxyl groups excluding tert-OH is 1. The molecule has 0 rings (SSSR count). The van der Waals surface area contributed by atoms with Gasteiger partial charge in [-0.3, -0.25) is 37.3 Å². The van der Waals surface area contributed by atoms with Gasteiger partial charge in [0.05, 0.1) is 26.4 Å². The number of phosphoric ester groups is 2. The van der Waals surface area contributed by atoms with Crippen molar-refractivity contribution in [3.05, 3.63) is 0 Å². The van der Waals surface area contributed by atoms with Gasteiger partial charge < -0.3 is 33.8 Å². The lowest BCUT2D eigenvalue weighted by atomic mass is 10.0. The van der Waals surface area contributed by atoms with Crippen LogP contribution in [-0.4, -0.2) is 96.7 Å². The number of carbonyl (C=O) groups is 4. The van der Waals surface area contributed by atoms with Gasteiger partial charge in [0.15, 0.2) is 12.2 Å². The molecular formula is C77H150O17P2. The third-order valence-electron chi connectivity index (χ3n) is 18.0. The lowest BCUT2D eigenvalue weighted by molar-refractivity contribution is -0.161. The van der Waals surface area contributed by atoms with Crippen molar-refractivity contribution < 1.29 is 80.2 Å². The van der Waals surface area contributed by atoms with Crippen LogP contribution in [0.3, 0.4) is 0 Å². The van der Waals surface area contributed by atoms with E-state index in [0.717, 1.165) is 108 Å². The highest BCUT2D eigenvalue weighted by molar-refractivity contribution is 7.47. The highest BCUT2D eigenvalue weighted by Gasteiger charge is 2.30. The fourth-order valence-electron chi connectivity index (χ4n) is 11.8. The Balaban J connectivity index is 5.20. The number of carbonyl (C=O) groups excluding carboxylic acids is 4. The summed E-state index contributed by atoms with van der Waals surface area (Å²) in [6, 6.07) is 0. The monoisotopic (exact) mass is 1410 g/mol. The molecule has 0 aliphatic carbocycles. The van der Waals surface area contributed by atoms with E-state index in [0.29, 0.717) is 25.7 Å². The van der Waals surface area contributed by atoms with E-state index in [4.69, 9.17) is 37.0 Å². The molecular weight excluding hydrogens is 1260 g/mol. The number of esters is 4. The van der Waals surface area contributed by atoms with Crippen LogP contribution in [0.4, 0.5) is 0 Å². The first-order chi connectivity index (χ1) is 46.4. The summed E-state index contributed by atoms with van der Waals surface area (Å²) in [5, 5.41) is 10.6. The molecule has 96 heavy (non-hydrogen) atoms. The van der Waals surface area contributed by atoms with Crippen LogP contribution in [0.1, 0.15) is 401 Å². The molecule has 19 heteroatoms. The van der Waals surface area contributed by atoms with Crippen molar-refractivity contribution in [1.29, 1.82) is 0 Å². The molecule has 3 N–H and O–H groups in total. The molecule has 5 atom stereocenters. The SMILES string of the molecule is CCCCCCCCCCCCCCCCCCCCCCC(=O)O[C@H](COC(=O)CCCCCCCCCCCCCCC(C)C)COP(=O)(O)OC[C@@H](O)COP(=O)(O)OC[C@@H](COC(=O)CCCCCCCCCC)OC(=O)CCCCCCCCCCCCC(C)C. The molecule has 0 aromatic heterocycles. The molecule has 0 fully saturated rings. The van der Waals surface area contributed by atoms with Gasteiger partial charge in [0.25, 0.3) is 0 Å². The van der Waals surface area contributed by atoms with Crippen molar-refractivity contribution in [2.75, 3.05) is 39.6 Å². The molecule has 0 aliphatic heterocycles. The molecule has 0 aliphatic rings. The van der Waals surface area contributed by atoms with E-state index in [-0.39, 0.29) is 25.7 Å². The average Bonchev–Trinajstić information content (AvgIpc) is 1.27. The van der Waals surface area contributed by atoms with Gasteiger partial charge in [-0.2, -0.15) is 0 Å². The maximum absolute atomic E-state index is 13.1. The van der Waals surface area contributed by atoms with E-state index in [9.17, 15) is 43.2 Å². The molecule has 17 nitrogen and oxygen atoms in total. The second-order valence-corrected chi connectivity index (χ2v) is 31.6. The van der Waals surface area contributed by atoms with Crippen molar-refractivity contribution >= 4 is 39.5 Å². The maximum Gasteiger partial charge on any atom is 0.472 e. The van der Waals surface area contributed by atoms with Crippen LogP contribution in [0.25, 0.3) is 0 Å². The molecule has 570 valence electrons. The maximum atomic E-state index is 13.1. The van der Waals surface area contributed by atoms with Crippen LogP contribution in [0, 0.1) is 11.8 Å². The second-order valence-electron chi connectivity index (χ2n) is 28.7. The highest BCUT2D eigenvalue weighted by atomic mass is 31.2. The number of unbranched alkanes of at least 4 members (excludes halogenated alkanes) is 46. The Kier molecular flexibility index (Phi) is 67.4. The van der Waals surface area contributed by atoms with E-state index in [2.05, 4.69) is 41.5 Å². The summed E-state index contributed by atoms with van der Waals surface area (Å²) in [6.45, 7) is 9.58. The topological polar surface area (TPSA) is 237 Å². The number of rotatable bonds is 76. The summed E-state index contributed by atoms with van der Waals surface area (Å²) in [7, 11) is -9.91. The molecule has 0 amide bonds. The Morgan fingerprint density at radius 1 is 0.281 bits per heavy atom. The highest BCUT2D eigenvalue weighted by Crippen LogP contribution is 2.45. The Bertz CT molecular complexity index is 1860. The summed E-state index contributed by atoms with van der Waals surface area (Å²) >= 11 is 0. The Hall–Kier alpha value is -1.94. The average molecular weight is 1410 g/mol.